The third-order valence-corrected chi connectivity index (χ3v) is 5.32. The van der Waals surface area contributed by atoms with Gasteiger partial charge in [0, 0.05) is 18.7 Å². The Balaban J connectivity index is 2.12. The molecule has 1 fully saturated rings. The van der Waals surface area contributed by atoms with Crippen LogP contribution in [0.4, 0.5) is 0 Å². The van der Waals surface area contributed by atoms with E-state index in [1.807, 2.05) is 30.1 Å². The SMILES string of the molecule is CCCCCC(CC)Oc1ccccc1C(CC)C(=O)N(C)C1CC1. The first-order chi connectivity index (χ1) is 12.1. The zero-order valence-electron chi connectivity index (χ0n) is 16.5. The molecule has 0 aliphatic heterocycles. The second kappa shape index (κ2) is 9.84. The number of ether oxygens (including phenoxy) is 1. The van der Waals surface area contributed by atoms with Crippen LogP contribution in [0.25, 0.3) is 0 Å². The Morgan fingerprint density at radius 3 is 2.48 bits per heavy atom. The molecule has 2 atom stereocenters. The van der Waals surface area contributed by atoms with Crippen LogP contribution in [-0.4, -0.2) is 30.0 Å². The molecule has 1 aromatic carbocycles. The van der Waals surface area contributed by atoms with Gasteiger partial charge in [-0.1, -0.05) is 51.8 Å². The molecule has 0 heterocycles. The number of likely N-dealkylation sites (N-methyl/N-ethyl adjacent to an activating group) is 1. The summed E-state index contributed by atoms with van der Waals surface area (Å²) in [6.45, 7) is 6.51. The van der Waals surface area contributed by atoms with Crippen molar-refractivity contribution in [2.24, 2.45) is 0 Å². The van der Waals surface area contributed by atoms with E-state index in [4.69, 9.17) is 4.74 Å². The lowest BCUT2D eigenvalue weighted by Crippen LogP contribution is -2.33. The molecule has 25 heavy (non-hydrogen) atoms. The van der Waals surface area contributed by atoms with Crippen LogP contribution in [0.2, 0.25) is 0 Å². The minimum Gasteiger partial charge on any atom is -0.490 e. The maximum Gasteiger partial charge on any atom is 0.230 e. The third-order valence-electron chi connectivity index (χ3n) is 5.32. The highest BCUT2D eigenvalue weighted by Crippen LogP contribution is 2.34. The van der Waals surface area contributed by atoms with E-state index in [2.05, 4.69) is 26.8 Å². The molecule has 2 rings (SSSR count). The molecular weight excluding hydrogens is 310 g/mol. The molecule has 0 N–H and O–H groups in total. The number of carbonyl (C=O) groups excluding carboxylic acids is 1. The van der Waals surface area contributed by atoms with Gasteiger partial charge in [0.2, 0.25) is 5.91 Å². The largest absolute Gasteiger partial charge is 0.490 e. The van der Waals surface area contributed by atoms with Crippen LogP contribution < -0.4 is 4.74 Å². The van der Waals surface area contributed by atoms with Gasteiger partial charge in [0.25, 0.3) is 0 Å². The second-order valence-electron chi connectivity index (χ2n) is 7.32. The first-order valence-electron chi connectivity index (χ1n) is 10.1. The quantitative estimate of drug-likeness (QED) is 0.493. The van der Waals surface area contributed by atoms with Crippen molar-refractivity contribution >= 4 is 5.91 Å². The summed E-state index contributed by atoms with van der Waals surface area (Å²) in [6, 6.07) is 8.59. The second-order valence-corrected chi connectivity index (χ2v) is 7.32. The summed E-state index contributed by atoms with van der Waals surface area (Å²) in [5.41, 5.74) is 1.05. The molecule has 1 aromatic rings. The zero-order chi connectivity index (χ0) is 18.2. The summed E-state index contributed by atoms with van der Waals surface area (Å²) in [4.78, 5) is 14.9. The molecule has 0 bridgehead atoms. The summed E-state index contributed by atoms with van der Waals surface area (Å²) in [7, 11) is 1.95. The van der Waals surface area contributed by atoms with Crippen LogP contribution in [0.5, 0.6) is 5.75 Å². The van der Waals surface area contributed by atoms with Gasteiger partial charge in [0.05, 0.1) is 12.0 Å². The van der Waals surface area contributed by atoms with Gasteiger partial charge in [-0.05, 0) is 44.6 Å². The normalized spacial score (nSPS) is 16.3. The fourth-order valence-electron chi connectivity index (χ4n) is 3.44. The Kier molecular flexibility index (Phi) is 7.80. The average Bonchev–Trinajstić information content (AvgIpc) is 3.47. The van der Waals surface area contributed by atoms with E-state index in [0.29, 0.717) is 6.04 Å². The van der Waals surface area contributed by atoms with Crippen molar-refractivity contribution in [3.8, 4) is 5.75 Å². The number of rotatable bonds is 11. The van der Waals surface area contributed by atoms with Gasteiger partial charge < -0.3 is 9.64 Å². The van der Waals surface area contributed by atoms with E-state index >= 15 is 0 Å². The molecule has 3 nitrogen and oxygen atoms in total. The summed E-state index contributed by atoms with van der Waals surface area (Å²) in [6.07, 6.45) is 9.12. The highest BCUT2D eigenvalue weighted by Gasteiger charge is 2.34. The van der Waals surface area contributed by atoms with Gasteiger partial charge in [0.15, 0.2) is 0 Å². The number of amides is 1. The van der Waals surface area contributed by atoms with Crippen LogP contribution in [0.15, 0.2) is 24.3 Å². The van der Waals surface area contributed by atoms with Gasteiger partial charge in [-0.2, -0.15) is 0 Å². The first-order valence-corrected chi connectivity index (χ1v) is 10.1. The fourth-order valence-corrected chi connectivity index (χ4v) is 3.44. The van der Waals surface area contributed by atoms with Gasteiger partial charge in [-0.3, -0.25) is 4.79 Å². The van der Waals surface area contributed by atoms with Crippen LogP contribution in [-0.2, 0) is 4.79 Å². The van der Waals surface area contributed by atoms with Crippen LogP contribution in [0.3, 0.4) is 0 Å². The lowest BCUT2D eigenvalue weighted by Gasteiger charge is -2.26. The van der Waals surface area contributed by atoms with E-state index in [-0.39, 0.29) is 17.9 Å². The molecule has 3 heteroatoms. The monoisotopic (exact) mass is 345 g/mol. The first kappa shape index (κ1) is 19.8. The lowest BCUT2D eigenvalue weighted by atomic mass is 9.94. The Bertz CT molecular complexity index is 539. The molecule has 1 aliphatic carbocycles. The van der Waals surface area contributed by atoms with Crippen molar-refractivity contribution in [3.05, 3.63) is 29.8 Å². The molecule has 0 saturated heterocycles. The molecule has 2 unspecified atom stereocenters. The van der Waals surface area contributed by atoms with Crippen molar-refractivity contribution in [2.75, 3.05) is 7.05 Å². The molecule has 1 aliphatic rings. The predicted molar refractivity (Wildman–Crippen MR) is 104 cm³/mol. The Morgan fingerprint density at radius 2 is 1.88 bits per heavy atom. The molecule has 140 valence electrons. The van der Waals surface area contributed by atoms with Crippen molar-refractivity contribution < 1.29 is 9.53 Å². The smallest absolute Gasteiger partial charge is 0.230 e. The molecule has 0 aromatic heterocycles. The number of hydrogen-bond donors (Lipinski definition) is 0. The average molecular weight is 346 g/mol. The van der Waals surface area contributed by atoms with E-state index in [0.717, 1.165) is 43.4 Å². The maximum absolute atomic E-state index is 12.9. The standard InChI is InChI=1S/C22H35NO2/c1-5-8-9-12-18(6-2)25-21-14-11-10-13-20(21)19(7-3)22(24)23(4)17-15-16-17/h10-11,13-14,17-19H,5-9,12,15-16H2,1-4H3. The molecule has 1 amide bonds. The Morgan fingerprint density at radius 1 is 1.16 bits per heavy atom. The van der Waals surface area contributed by atoms with E-state index in [1.165, 1.54) is 19.3 Å². The molecule has 0 spiro atoms. The Hall–Kier alpha value is -1.51. The summed E-state index contributed by atoms with van der Waals surface area (Å²) >= 11 is 0. The summed E-state index contributed by atoms with van der Waals surface area (Å²) in [5, 5.41) is 0. The Labute approximate surface area is 153 Å². The van der Waals surface area contributed by atoms with Gasteiger partial charge in [-0.15, -0.1) is 0 Å². The fraction of sp³-hybridized carbons (Fsp3) is 0.682. The van der Waals surface area contributed by atoms with E-state index in [1.54, 1.807) is 0 Å². The van der Waals surface area contributed by atoms with Gasteiger partial charge >= 0.3 is 0 Å². The van der Waals surface area contributed by atoms with Crippen molar-refractivity contribution in [1.29, 1.82) is 0 Å². The summed E-state index contributed by atoms with van der Waals surface area (Å²) < 4.78 is 6.36. The zero-order valence-corrected chi connectivity index (χ0v) is 16.5. The lowest BCUT2D eigenvalue weighted by molar-refractivity contribution is -0.132. The van der Waals surface area contributed by atoms with Gasteiger partial charge in [0.1, 0.15) is 5.75 Å². The predicted octanol–water partition coefficient (Wildman–Crippen LogP) is 5.54. The maximum atomic E-state index is 12.9. The minimum absolute atomic E-state index is 0.102. The number of unbranched alkanes of at least 4 members (excludes halogenated alkanes) is 2. The van der Waals surface area contributed by atoms with Crippen molar-refractivity contribution in [3.63, 3.8) is 0 Å². The topological polar surface area (TPSA) is 29.5 Å². The number of carbonyl (C=O) groups is 1. The number of benzene rings is 1. The molecule has 0 radical (unpaired) electrons. The van der Waals surface area contributed by atoms with E-state index in [9.17, 15) is 4.79 Å². The number of para-hydroxylation sites is 1. The highest BCUT2D eigenvalue weighted by atomic mass is 16.5. The van der Waals surface area contributed by atoms with Crippen LogP contribution in [0, 0.1) is 0 Å². The third kappa shape index (κ3) is 5.49. The number of nitrogens with zero attached hydrogens (tertiary/aromatic N) is 1. The minimum atomic E-state index is -0.102. The molecular formula is C22H35NO2. The van der Waals surface area contributed by atoms with Crippen molar-refractivity contribution in [2.45, 2.75) is 90.2 Å². The van der Waals surface area contributed by atoms with Crippen LogP contribution in [0.1, 0.15) is 83.6 Å². The number of hydrogen-bond acceptors (Lipinski definition) is 2. The summed E-state index contributed by atoms with van der Waals surface area (Å²) in [5.74, 6) is 1.03. The van der Waals surface area contributed by atoms with E-state index < -0.39 is 0 Å². The molecule has 1 saturated carbocycles. The van der Waals surface area contributed by atoms with Crippen LogP contribution >= 0.6 is 0 Å². The van der Waals surface area contributed by atoms with Gasteiger partial charge in [-0.25, -0.2) is 0 Å². The van der Waals surface area contributed by atoms with Crippen molar-refractivity contribution in [1.82, 2.24) is 4.90 Å². The highest BCUT2D eigenvalue weighted by molar-refractivity contribution is 5.84.